The Balaban J connectivity index is 2.12. The van der Waals surface area contributed by atoms with Crippen LogP contribution in [0.4, 0.5) is 5.69 Å². The van der Waals surface area contributed by atoms with Gasteiger partial charge < -0.3 is 10.0 Å². The van der Waals surface area contributed by atoms with Crippen molar-refractivity contribution in [3.63, 3.8) is 0 Å². The minimum atomic E-state index is -0.808. The fourth-order valence-corrected chi connectivity index (χ4v) is 5.07. The summed E-state index contributed by atoms with van der Waals surface area (Å²) < 4.78 is 0. The first kappa shape index (κ1) is 22.7. The van der Waals surface area contributed by atoms with E-state index in [0.29, 0.717) is 10.7 Å². The first-order valence-corrected chi connectivity index (χ1v) is 11.7. The van der Waals surface area contributed by atoms with E-state index in [1.165, 1.54) is 4.90 Å². The van der Waals surface area contributed by atoms with Gasteiger partial charge in [0.05, 0.1) is 12.1 Å². The number of nitrogens with zero attached hydrogens (tertiary/aromatic N) is 2. The molecular formula is C25H34N2O2S. The van der Waals surface area contributed by atoms with Crippen LogP contribution < -0.4 is 4.90 Å². The van der Waals surface area contributed by atoms with Gasteiger partial charge in [-0.2, -0.15) is 0 Å². The highest BCUT2D eigenvalue weighted by molar-refractivity contribution is 7.99. The third kappa shape index (κ3) is 5.18. The SMILES string of the molecule is Cc1nc(C)c(-c2ccc(SC(C)C)cc2)c(N2CCC(C)(C)CC2)c1CC(=O)O. The van der Waals surface area contributed by atoms with E-state index in [-0.39, 0.29) is 6.42 Å². The van der Waals surface area contributed by atoms with Crippen molar-refractivity contribution in [3.8, 4) is 11.1 Å². The molecule has 4 nitrogen and oxygen atoms in total. The summed E-state index contributed by atoms with van der Waals surface area (Å²) in [7, 11) is 0. The Kier molecular flexibility index (Phi) is 6.81. The average Bonchev–Trinajstić information content (AvgIpc) is 2.64. The van der Waals surface area contributed by atoms with E-state index in [1.807, 2.05) is 25.6 Å². The molecule has 1 N–H and O–H groups in total. The molecule has 30 heavy (non-hydrogen) atoms. The summed E-state index contributed by atoms with van der Waals surface area (Å²) in [6.07, 6.45) is 2.20. The number of benzene rings is 1. The van der Waals surface area contributed by atoms with Crippen LogP contribution in [0.3, 0.4) is 0 Å². The van der Waals surface area contributed by atoms with E-state index < -0.39 is 5.97 Å². The quantitative estimate of drug-likeness (QED) is 0.564. The van der Waals surface area contributed by atoms with Crippen LogP contribution in [0.25, 0.3) is 11.1 Å². The Morgan fingerprint density at radius 3 is 2.27 bits per heavy atom. The van der Waals surface area contributed by atoms with Crippen LogP contribution in [0.1, 0.15) is 57.5 Å². The number of carboxylic acids is 1. The molecule has 0 bridgehead atoms. The maximum Gasteiger partial charge on any atom is 0.307 e. The Morgan fingerprint density at radius 1 is 1.13 bits per heavy atom. The molecule has 0 atom stereocenters. The van der Waals surface area contributed by atoms with Crippen LogP contribution in [0.2, 0.25) is 0 Å². The number of piperidine rings is 1. The van der Waals surface area contributed by atoms with Gasteiger partial charge in [0, 0.05) is 45.7 Å². The molecule has 162 valence electrons. The lowest BCUT2D eigenvalue weighted by Crippen LogP contribution is -2.38. The molecule has 0 amide bonds. The van der Waals surface area contributed by atoms with Crippen molar-refractivity contribution in [2.45, 2.75) is 71.0 Å². The van der Waals surface area contributed by atoms with E-state index in [1.54, 1.807) is 0 Å². The summed E-state index contributed by atoms with van der Waals surface area (Å²) in [5.41, 5.74) is 6.23. The van der Waals surface area contributed by atoms with Crippen molar-refractivity contribution in [1.29, 1.82) is 0 Å². The number of rotatable bonds is 6. The molecule has 2 aromatic rings. The van der Waals surface area contributed by atoms with Crippen LogP contribution in [-0.4, -0.2) is 34.4 Å². The van der Waals surface area contributed by atoms with E-state index in [0.717, 1.165) is 59.7 Å². The topological polar surface area (TPSA) is 53.4 Å². The van der Waals surface area contributed by atoms with Crippen molar-refractivity contribution in [2.75, 3.05) is 18.0 Å². The number of anilines is 1. The predicted molar refractivity (Wildman–Crippen MR) is 127 cm³/mol. The molecule has 1 aliphatic heterocycles. The summed E-state index contributed by atoms with van der Waals surface area (Å²) in [5, 5.41) is 10.1. The molecule has 1 aromatic heterocycles. The molecule has 1 aromatic carbocycles. The molecule has 0 radical (unpaired) electrons. The third-order valence-corrected chi connectivity index (χ3v) is 6.95. The molecule has 1 fully saturated rings. The largest absolute Gasteiger partial charge is 0.481 e. The zero-order chi connectivity index (χ0) is 22.1. The van der Waals surface area contributed by atoms with Gasteiger partial charge in [-0.15, -0.1) is 11.8 Å². The van der Waals surface area contributed by atoms with Gasteiger partial charge in [0.2, 0.25) is 0 Å². The van der Waals surface area contributed by atoms with Crippen molar-refractivity contribution in [2.24, 2.45) is 5.41 Å². The second-order valence-corrected chi connectivity index (χ2v) is 11.0. The second kappa shape index (κ2) is 9.01. The number of aliphatic carboxylic acids is 1. The Bertz CT molecular complexity index is 910. The molecule has 0 spiro atoms. The summed E-state index contributed by atoms with van der Waals surface area (Å²) in [5.74, 6) is -0.808. The van der Waals surface area contributed by atoms with Gasteiger partial charge >= 0.3 is 5.97 Å². The van der Waals surface area contributed by atoms with Crippen LogP contribution in [0.5, 0.6) is 0 Å². The molecule has 1 saturated heterocycles. The molecule has 0 unspecified atom stereocenters. The van der Waals surface area contributed by atoms with E-state index in [4.69, 9.17) is 4.98 Å². The van der Waals surface area contributed by atoms with E-state index >= 15 is 0 Å². The highest BCUT2D eigenvalue weighted by Gasteiger charge is 2.30. The van der Waals surface area contributed by atoms with Crippen LogP contribution in [0.15, 0.2) is 29.2 Å². The van der Waals surface area contributed by atoms with Gasteiger partial charge in [-0.25, -0.2) is 0 Å². The Labute approximate surface area is 185 Å². The number of thioether (sulfide) groups is 1. The number of aryl methyl sites for hydroxylation is 2. The van der Waals surface area contributed by atoms with Crippen molar-refractivity contribution >= 4 is 23.4 Å². The number of carbonyl (C=O) groups is 1. The standard InChI is InChI=1S/C25H34N2O2S/c1-16(2)30-20-9-7-19(8-10-20)23-18(4)26-17(3)21(15-22(28)29)24(23)27-13-11-25(5,6)12-14-27/h7-10,16H,11-15H2,1-6H3,(H,28,29). The summed E-state index contributed by atoms with van der Waals surface area (Å²) in [4.78, 5) is 20.1. The second-order valence-electron chi connectivity index (χ2n) is 9.40. The minimum absolute atomic E-state index is 0.00260. The van der Waals surface area contributed by atoms with Gasteiger partial charge in [0.1, 0.15) is 0 Å². The number of hydrogen-bond acceptors (Lipinski definition) is 4. The highest BCUT2D eigenvalue weighted by Crippen LogP contribution is 2.41. The number of aromatic nitrogens is 1. The van der Waals surface area contributed by atoms with Gasteiger partial charge in [-0.1, -0.05) is 39.8 Å². The molecule has 1 aliphatic rings. The molecule has 3 rings (SSSR count). The maximum absolute atomic E-state index is 11.7. The lowest BCUT2D eigenvalue weighted by atomic mass is 9.82. The summed E-state index contributed by atoms with van der Waals surface area (Å²) >= 11 is 1.85. The average molecular weight is 427 g/mol. The molecule has 5 heteroatoms. The number of hydrogen-bond donors (Lipinski definition) is 1. The van der Waals surface area contributed by atoms with E-state index in [9.17, 15) is 9.90 Å². The zero-order valence-corrected chi connectivity index (χ0v) is 19.9. The molecule has 2 heterocycles. The van der Waals surface area contributed by atoms with Crippen LogP contribution >= 0.6 is 11.8 Å². The molecule has 0 aliphatic carbocycles. The maximum atomic E-state index is 11.7. The minimum Gasteiger partial charge on any atom is -0.481 e. The lowest BCUT2D eigenvalue weighted by molar-refractivity contribution is -0.136. The van der Waals surface area contributed by atoms with E-state index in [2.05, 4.69) is 56.9 Å². The Morgan fingerprint density at radius 2 is 1.73 bits per heavy atom. The van der Waals surface area contributed by atoms with Gasteiger partial charge in [0.15, 0.2) is 0 Å². The smallest absolute Gasteiger partial charge is 0.307 e. The zero-order valence-electron chi connectivity index (χ0n) is 19.1. The predicted octanol–water partition coefficient (Wildman–Crippen LogP) is 6.12. The summed E-state index contributed by atoms with van der Waals surface area (Å²) in [6.45, 7) is 14.9. The number of carboxylic acid groups (broad SMARTS) is 1. The van der Waals surface area contributed by atoms with Gasteiger partial charge in [-0.05, 0) is 49.8 Å². The Hall–Kier alpha value is -2.01. The normalized spacial score (nSPS) is 16.2. The van der Waals surface area contributed by atoms with Crippen molar-refractivity contribution in [3.05, 3.63) is 41.2 Å². The first-order valence-electron chi connectivity index (χ1n) is 10.8. The highest BCUT2D eigenvalue weighted by atomic mass is 32.2. The fourth-order valence-electron chi connectivity index (χ4n) is 4.23. The number of pyridine rings is 1. The van der Waals surface area contributed by atoms with Crippen molar-refractivity contribution in [1.82, 2.24) is 4.98 Å². The lowest BCUT2D eigenvalue weighted by Gasteiger charge is -2.40. The summed E-state index contributed by atoms with van der Waals surface area (Å²) in [6, 6.07) is 8.65. The van der Waals surface area contributed by atoms with Crippen LogP contribution in [-0.2, 0) is 11.2 Å². The first-order chi connectivity index (χ1) is 14.1. The third-order valence-electron chi connectivity index (χ3n) is 5.93. The van der Waals surface area contributed by atoms with Crippen LogP contribution in [0, 0.1) is 19.3 Å². The van der Waals surface area contributed by atoms with Gasteiger partial charge in [0.25, 0.3) is 0 Å². The molecule has 0 saturated carbocycles. The monoisotopic (exact) mass is 426 g/mol. The fraction of sp³-hybridized carbons (Fsp3) is 0.520. The molecular weight excluding hydrogens is 392 g/mol. The van der Waals surface area contributed by atoms with Crippen molar-refractivity contribution < 1.29 is 9.90 Å². The van der Waals surface area contributed by atoms with Gasteiger partial charge in [-0.3, -0.25) is 9.78 Å².